The van der Waals surface area contributed by atoms with Crippen LogP contribution in [0.3, 0.4) is 0 Å². The molecule has 0 aliphatic heterocycles. The normalized spacial score (nSPS) is 17.2. The summed E-state index contributed by atoms with van der Waals surface area (Å²) < 4.78 is 31.5. The topological polar surface area (TPSA) is 123 Å². The smallest absolute Gasteiger partial charge is 0.280 e. The third-order valence-electron chi connectivity index (χ3n) is 5.19. The molecule has 2 atom stereocenters. The number of nitrogens with zero attached hydrogens (tertiary/aromatic N) is 6. The second kappa shape index (κ2) is 7.69. The maximum Gasteiger partial charge on any atom is 0.280 e. The zero-order valence-electron chi connectivity index (χ0n) is 17.6. The summed E-state index contributed by atoms with van der Waals surface area (Å²) in [5, 5.41) is 16.6. The highest BCUT2D eigenvalue weighted by molar-refractivity contribution is 6.00. The van der Waals surface area contributed by atoms with Crippen LogP contribution in [0.4, 0.5) is 26.1 Å². The molecule has 170 valence electrons. The van der Waals surface area contributed by atoms with E-state index in [1.54, 1.807) is 32.4 Å². The second-order valence-electron chi connectivity index (χ2n) is 7.62. The lowest BCUT2D eigenvalue weighted by atomic mass is 10.3. The van der Waals surface area contributed by atoms with Crippen LogP contribution in [0, 0.1) is 5.82 Å². The summed E-state index contributed by atoms with van der Waals surface area (Å²) in [6, 6.07) is 3.66. The van der Waals surface area contributed by atoms with Gasteiger partial charge < -0.3 is 16.0 Å². The number of pyridine rings is 1. The molecule has 0 unspecified atom stereocenters. The monoisotopic (exact) mass is 455 g/mol. The number of rotatable bonds is 6. The van der Waals surface area contributed by atoms with Crippen molar-refractivity contribution < 1.29 is 13.6 Å². The van der Waals surface area contributed by atoms with Crippen molar-refractivity contribution in [3.8, 4) is 5.82 Å². The van der Waals surface area contributed by atoms with Gasteiger partial charge in [-0.25, -0.2) is 13.8 Å². The Balaban J connectivity index is 1.54. The van der Waals surface area contributed by atoms with Crippen LogP contribution in [0.1, 0.15) is 16.8 Å². The van der Waals surface area contributed by atoms with Gasteiger partial charge >= 0.3 is 0 Å². The van der Waals surface area contributed by atoms with Crippen molar-refractivity contribution in [2.45, 2.75) is 18.6 Å². The summed E-state index contributed by atoms with van der Waals surface area (Å²) in [4.78, 5) is 29.9. The number of hydrogen-bond acceptors (Lipinski definition) is 7. The average molecular weight is 455 g/mol. The largest absolute Gasteiger partial charge is 0.373 e. The quantitative estimate of drug-likeness (QED) is 0.401. The van der Waals surface area contributed by atoms with Crippen molar-refractivity contribution in [1.82, 2.24) is 34.3 Å². The van der Waals surface area contributed by atoms with Gasteiger partial charge in [-0.15, -0.1) is 0 Å². The van der Waals surface area contributed by atoms with Crippen LogP contribution in [-0.4, -0.2) is 54.1 Å². The van der Waals surface area contributed by atoms with Crippen LogP contribution >= 0.6 is 0 Å². The van der Waals surface area contributed by atoms with Gasteiger partial charge in [0, 0.05) is 44.9 Å². The summed E-state index contributed by atoms with van der Waals surface area (Å²) in [5.74, 6) is -0.285. The van der Waals surface area contributed by atoms with Gasteiger partial charge in [-0.2, -0.15) is 14.7 Å². The number of fused-ring (bicyclic) bond motifs is 1. The summed E-state index contributed by atoms with van der Waals surface area (Å²) >= 11 is 0. The number of alkyl halides is 1. The Kier molecular flexibility index (Phi) is 4.80. The molecule has 0 bridgehead atoms. The molecule has 11 nitrogen and oxygen atoms in total. The molecule has 0 saturated heterocycles. The first-order chi connectivity index (χ1) is 15.8. The molecule has 33 heavy (non-hydrogen) atoms. The third-order valence-corrected chi connectivity index (χ3v) is 5.19. The van der Waals surface area contributed by atoms with Crippen molar-refractivity contribution in [2.75, 3.05) is 17.7 Å². The van der Waals surface area contributed by atoms with Crippen LogP contribution in [0.5, 0.6) is 0 Å². The van der Waals surface area contributed by atoms with Crippen LogP contribution in [0.2, 0.25) is 0 Å². The Morgan fingerprint density at radius 2 is 2.09 bits per heavy atom. The van der Waals surface area contributed by atoms with Crippen molar-refractivity contribution in [3.05, 3.63) is 58.5 Å². The third kappa shape index (κ3) is 3.77. The molecule has 0 aromatic carbocycles. The molecule has 1 aliphatic carbocycles. The van der Waals surface area contributed by atoms with Gasteiger partial charge in [-0.1, -0.05) is 0 Å². The van der Waals surface area contributed by atoms with Crippen molar-refractivity contribution in [3.63, 3.8) is 0 Å². The molecule has 5 rings (SSSR count). The highest BCUT2D eigenvalue weighted by Crippen LogP contribution is 2.26. The van der Waals surface area contributed by atoms with E-state index < -0.39 is 29.5 Å². The van der Waals surface area contributed by atoms with E-state index in [4.69, 9.17) is 0 Å². The molecular weight excluding hydrogens is 436 g/mol. The fraction of sp³-hybridized carbons (Fsp3) is 0.250. The number of halogens is 2. The van der Waals surface area contributed by atoms with Gasteiger partial charge in [0.2, 0.25) is 0 Å². The Labute approximate surface area is 185 Å². The van der Waals surface area contributed by atoms with E-state index in [9.17, 15) is 18.4 Å². The number of hydrogen-bond donors (Lipinski definition) is 3. The number of aryl methyl sites for hydroxylation is 1. The summed E-state index contributed by atoms with van der Waals surface area (Å²) in [6.07, 6.45) is 3.22. The number of aromatic nitrogens is 6. The molecule has 1 amide bonds. The molecule has 0 radical (unpaired) electrons. The minimum Gasteiger partial charge on any atom is -0.373 e. The summed E-state index contributed by atoms with van der Waals surface area (Å²) in [5.41, 5.74) is -0.306. The predicted molar refractivity (Wildman–Crippen MR) is 115 cm³/mol. The van der Waals surface area contributed by atoms with Gasteiger partial charge in [0.25, 0.3) is 11.5 Å². The standard InChI is InChI=1S/C20H19F2N9O2/c1-23-17-7-15(27-18-11(8-24-31(17)18)19(32)26-13-6-12(13)22)25-14-5-10(21)9-30(20(14)33)16-3-4-29(2)28-16/h3-5,7-9,12-13,23H,6H2,1-2H3,(H,25,27)(H,26,32)/t12-,13+/m1/s1. The van der Waals surface area contributed by atoms with Crippen molar-refractivity contribution in [1.29, 1.82) is 0 Å². The number of carbonyl (C=O) groups is 1. The molecular formula is C20H19F2N9O2. The lowest BCUT2D eigenvalue weighted by Gasteiger charge is -2.11. The van der Waals surface area contributed by atoms with E-state index in [1.807, 2.05) is 0 Å². The Hall–Kier alpha value is -4.29. The highest BCUT2D eigenvalue weighted by Gasteiger charge is 2.39. The van der Waals surface area contributed by atoms with E-state index in [0.29, 0.717) is 5.82 Å². The van der Waals surface area contributed by atoms with Gasteiger partial charge in [0.05, 0.1) is 18.4 Å². The van der Waals surface area contributed by atoms with Gasteiger partial charge in [-0.3, -0.25) is 18.8 Å². The number of carbonyl (C=O) groups excluding carboxylic acids is 1. The number of nitrogens with one attached hydrogen (secondary N) is 3. The average Bonchev–Trinajstić information content (AvgIpc) is 3.15. The van der Waals surface area contributed by atoms with Crippen LogP contribution < -0.4 is 21.5 Å². The molecule has 1 fully saturated rings. The van der Waals surface area contributed by atoms with Crippen molar-refractivity contribution in [2.24, 2.45) is 7.05 Å². The SMILES string of the molecule is CNc1cc(Nc2cc(F)cn(-c3ccn(C)n3)c2=O)nc2c(C(=O)N[C@H]3C[C@H]3F)cnn12. The zero-order chi connectivity index (χ0) is 23.3. The van der Waals surface area contributed by atoms with Gasteiger partial charge in [-0.05, 0) is 0 Å². The minimum atomic E-state index is -1.05. The molecule has 3 N–H and O–H groups in total. The lowest BCUT2D eigenvalue weighted by molar-refractivity contribution is 0.0949. The fourth-order valence-electron chi connectivity index (χ4n) is 3.40. The molecule has 0 spiro atoms. The van der Waals surface area contributed by atoms with Crippen LogP contribution in [0.15, 0.2) is 41.6 Å². The first-order valence-electron chi connectivity index (χ1n) is 10.0. The second-order valence-corrected chi connectivity index (χ2v) is 7.62. The van der Waals surface area contributed by atoms with Gasteiger partial charge in [0.1, 0.15) is 34.9 Å². The molecule has 4 aromatic rings. The number of amides is 1. The zero-order valence-corrected chi connectivity index (χ0v) is 17.6. The summed E-state index contributed by atoms with van der Waals surface area (Å²) in [6.45, 7) is 0. The molecule has 4 heterocycles. The van der Waals surface area contributed by atoms with E-state index in [2.05, 4.69) is 31.1 Å². The first-order valence-corrected chi connectivity index (χ1v) is 10.0. The summed E-state index contributed by atoms with van der Waals surface area (Å²) in [7, 11) is 3.33. The van der Waals surface area contributed by atoms with E-state index in [0.717, 1.165) is 16.8 Å². The lowest BCUT2D eigenvalue weighted by Crippen LogP contribution is -2.27. The molecule has 1 saturated carbocycles. The first kappa shape index (κ1) is 20.6. The van der Waals surface area contributed by atoms with E-state index in [1.165, 1.54) is 15.4 Å². The molecule has 4 aromatic heterocycles. The Bertz CT molecular complexity index is 1440. The van der Waals surface area contributed by atoms with E-state index >= 15 is 0 Å². The minimum absolute atomic E-state index is 0.0803. The Morgan fingerprint density at radius 1 is 1.30 bits per heavy atom. The van der Waals surface area contributed by atoms with E-state index in [-0.39, 0.29) is 35.0 Å². The van der Waals surface area contributed by atoms with Crippen LogP contribution in [-0.2, 0) is 7.05 Å². The molecule has 1 aliphatic rings. The van der Waals surface area contributed by atoms with Crippen molar-refractivity contribution >= 4 is 28.9 Å². The van der Waals surface area contributed by atoms with Gasteiger partial charge in [0.15, 0.2) is 11.5 Å². The maximum absolute atomic E-state index is 14.3. The molecule has 13 heteroatoms. The van der Waals surface area contributed by atoms with Crippen LogP contribution in [0.25, 0.3) is 11.5 Å². The maximum atomic E-state index is 14.3. The fourth-order valence-corrected chi connectivity index (χ4v) is 3.40. The Morgan fingerprint density at radius 3 is 2.76 bits per heavy atom. The highest BCUT2D eigenvalue weighted by atomic mass is 19.1. The number of anilines is 3. The predicted octanol–water partition coefficient (Wildman–Crippen LogP) is 1.38.